The predicted octanol–water partition coefficient (Wildman–Crippen LogP) is 3.93. The first-order valence-electron chi connectivity index (χ1n) is 6.21. The molecule has 1 aromatic heterocycles. The van der Waals surface area contributed by atoms with Gasteiger partial charge in [-0.1, -0.05) is 11.6 Å². The molecule has 0 spiro atoms. The molecule has 4 rings (SSSR count). The first kappa shape index (κ1) is 11.6. The van der Waals surface area contributed by atoms with E-state index in [0.29, 0.717) is 33.9 Å². The summed E-state index contributed by atoms with van der Waals surface area (Å²) >= 11 is 5.95. The van der Waals surface area contributed by atoms with Crippen molar-refractivity contribution in [2.75, 3.05) is 0 Å². The number of phenolic OH excluding ortho intramolecular Hbond substituents is 1. The van der Waals surface area contributed by atoms with E-state index in [4.69, 9.17) is 16.0 Å². The van der Waals surface area contributed by atoms with Crippen LogP contribution < -0.4 is 0 Å². The Morgan fingerprint density at radius 2 is 2.00 bits per heavy atom. The van der Waals surface area contributed by atoms with Crippen LogP contribution in [0.1, 0.15) is 27.2 Å². The van der Waals surface area contributed by atoms with Crippen LogP contribution in [-0.4, -0.2) is 10.9 Å². The monoisotopic (exact) mass is 284 g/mol. The molecule has 3 nitrogen and oxygen atoms in total. The molecule has 0 radical (unpaired) electrons. The van der Waals surface area contributed by atoms with Crippen LogP contribution in [0.3, 0.4) is 0 Å². The van der Waals surface area contributed by atoms with Gasteiger partial charge in [-0.15, -0.1) is 0 Å². The molecule has 0 fully saturated rings. The van der Waals surface area contributed by atoms with Crippen LogP contribution in [0.2, 0.25) is 5.02 Å². The molecule has 1 aliphatic carbocycles. The zero-order chi connectivity index (χ0) is 13.9. The SMILES string of the molecule is O=C1c2ccc(O)cc2Cc2oc3cc(Cl)ccc3c21. The van der Waals surface area contributed by atoms with E-state index in [1.54, 1.807) is 24.3 Å². The minimum atomic E-state index is -0.0673. The average Bonchev–Trinajstić information content (AvgIpc) is 2.75. The number of aromatic hydroxyl groups is 1. The topological polar surface area (TPSA) is 50.4 Å². The Morgan fingerprint density at radius 1 is 1.15 bits per heavy atom. The molecule has 1 aliphatic rings. The molecular weight excluding hydrogens is 276 g/mol. The summed E-state index contributed by atoms with van der Waals surface area (Å²) in [5.74, 6) is 0.715. The molecule has 0 bridgehead atoms. The number of benzene rings is 2. The van der Waals surface area contributed by atoms with Crippen LogP contribution >= 0.6 is 11.6 Å². The smallest absolute Gasteiger partial charge is 0.197 e. The second kappa shape index (κ2) is 3.87. The number of furan rings is 1. The summed E-state index contributed by atoms with van der Waals surface area (Å²) in [5.41, 5.74) is 2.63. The zero-order valence-corrected chi connectivity index (χ0v) is 11.1. The molecule has 1 N–H and O–H groups in total. The van der Waals surface area contributed by atoms with Crippen molar-refractivity contribution >= 4 is 28.4 Å². The van der Waals surface area contributed by atoms with Crippen molar-refractivity contribution in [2.24, 2.45) is 0 Å². The third kappa shape index (κ3) is 1.50. The van der Waals surface area contributed by atoms with Crippen LogP contribution in [0, 0.1) is 0 Å². The van der Waals surface area contributed by atoms with Crippen molar-refractivity contribution in [3.8, 4) is 5.75 Å². The van der Waals surface area contributed by atoms with E-state index < -0.39 is 0 Å². The van der Waals surface area contributed by atoms with Crippen LogP contribution in [0.4, 0.5) is 0 Å². The van der Waals surface area contributed by atoms with Gasteiger partial charge in [0.15, 0.2) is 5.78 Å². The van der Waals surface area contributed by atoms with Gasteiger partial charge in [-0.25, -0.2) is 0 Å². The molecule has 98 valence electrons. The fraction of sp³-hybridized carbons (Fsp3) is 0.0625. The van der Waals surface area contributed by atoms with Crippen molar-refractivity contribution in [2.45, 2.75) is 6.42 Å². The number of halogens is 1. The first-order chi connectivity index (χ1) is 9.63. The van der Waals surface area contributed by atoms with E-state index >= 15 is 0 Å². The predicted molar refractivity (Wildman–Crippen MR) is 75.6 cm³/mol. The number of carbonyl (C=O) groups excluding carboxylic acids is 1. The van der Waals surface area contributed by atoms with Crippen molar-refractivity contribution in [1.29, 1.82) is 0 Å². The molecular formula is C16H9ClO3. The largest absolute Gasteiger partial charge is 0.508 e. The van der Waals surface area contributed by atoms with Gasteiger partial charge in [0.05, 0.1) is 5.56 Å². The summed E-state index contributed by atoms with van der Waals surface area (Å²) in [6, 6.07) is 10.1. The van der Waals surface area contributed by atoms with Gasteiger partial charge in [0.25, 0.3) is 0 Å². The molecule has 20 heavy (non-hydrogen) atoms. The highest BCUT2D eigenvalue weighted by atomic mass is 35.5. The quantitative estimate of drug-likeness (QED) is 0.532. The maximum Gasteiger partial charge on any atom is 0.197 e. The van der Waals surface area contributed by atoms with E-state index in [1.807, 2.05) is 6.07 Å². The van der Waals surface area contributed by atoms with Gasteiger partial charge in [-0.05, 0) is 35.9 Å². The molecule has 0 atom stereocenters. The summed E-state index contributed by atoms with van der Waals surface area (Å²) in [5, 5.41) is 10.9. The van der Waals surface area contributed by atoms with Gasteiger partial charge < -0.3 is 9.52 Å². The van der Waals surface area contributed by atoms with Gasteiger partial charge in [0, 0.05) is 28.5 Å². The van der Waals surface area contributed by atoms with Crippen molar-refractivity contribution in [3.63, 3.8) is 0 Å². The van der Waals surface area contributed by atoms with Crippen LogP contribution in [0.15, 0.2) is 40.8 Å². The second-order valence-electron chi connectivity index (χ2n) is 4.89. The fourth-order valence-electron chi connectivity index (χ4n) is 2.75. The van der Waals surface area contributed by atoms with Crippen molar-refractivity contribution in [1.82, 2.24) is 0 Å². The maximum absolute atomic E-state index is 12.6. The van der Waals surface area contributed by atoms with Gasteiger partial charge in [0.2, 0.25) is 0 Å². The minimum Gasteiger partial charge on any atom is -0.508 e. The molecule has 4 heteroatoms. The molecule has 0 saturated heterocycles. The first-order valence-corrected chi connectivity index (χ1v) is 6.59. The third-order valence-corrected chi connectivity index (χ3v) is 3.87. The molecule has 3 aromatic rings. The third-order valence-electron chi connectivity index (χ3n) is 3.64. The Labute approximate surface area is 119 Å². The maximum atomic E-state index is 12.6. The summed E-state index contributed by atoms with van der Waals surface area (Å²) in [6.07, 6.45) is 0.497. The Morgan fingerprint density at radius 3 is 2.85 bits per heavy atom. The number of carbonyl (C=O) groups is 1. The Bertz CT molecular complexity index is 877. The second-order valence-corrected chi connectivity index (χ2v) is 5.32. The molecule has 0 unspecified atom stereocenters. The van der Waals surface area contributed by atoms with E-state index in [1.165, 1.54) is 6.07 Å². The molecule has 1 heterocycles. The van der Waals surface area contributed by atoms with Gasteiger partial charge in [-0.2, -0.15) is 0 Å². The highest BCUT2D eigenvalue weighted by molar-refractivity contribution is 6.31. The van der Waals surface area contributed by atoms with Crippen molar-refractivity contribution in [3.05, 3.63) is 63.9 Å². The summed E-state index contributed by atoms with van der Waals surface area (Å²) in [6.45, 7) is 0. The summed E-state index contributed by atoms with van der Waals surface area (Å²) < 4.78 is 5.75. The van der Waals surface area contributed by atoms with E-state index in [-0.39, 0.29) is 11.5 Å². The van der Waals surface area contributed by atoms with Gasteiger partial charge in [0.1, 0.15) is 17.1 Å². The molecule has 0 aliphatic heterocycles. The standard InChI is InChI=1S/C16H9ClO3/c17-9-1-3-12-13(7-9)20-14-6-8-5-10(18)2-4-11(8)16(19)15(12)14/h1-5,7,18H,6H2. The van der Waals surface area contributed by atoms with E-state index in [0.717, 1.165) is 10.9 Å². The average molecular weight is 285 g/mol. The fourth-order valence-corrected chi connectivity index (χ4v) is 2.91. The summed E-state index contributed by atoms with van der Waals surface area (Å²) in [4.78, 5) is 12.6. The lowest BCUT2D eigenvalue weighted by atomic mass is 9.88. The van der Waals surface area contributed by atoms with Gasteiger partial charge >= 0.3 is 0 Å². The van der Waals surface area contributed by atoms with Crippen LogP contribution in [0.25, 0.3) is 11.0 Å². The molecule has 0 saturated carbocycles. The van der Waals surface area contributed by atoms with Gasteiger partial charge in [-0.3, -0.25) is 4.79 Å². The summed E-state index contributed by atoms with van der Waals surface area (Å²) in [7, 11) is 0. The minimum absolute atomic E-state index is 0.0673. The Balaban J connectivity index is 2.01. The number of phenols is 1. The van der Waals surface area contributed by atoms with Crippen LogP contribution in [-0.2, 0) is 6.42 Å². The Kier molecular flexibility index (Phi) is 2.24. The molecule has 2 aromatic carbocycles. The van der Waals surface area contributed by atoms with Crippen LogP contribution in [0.5, 0.6) is 5.75 Å². The highest BCUT2D eigenvalue weighted by Crippen LogP contribution is 2.36. The lowest BCUT2D eigenvalue weighted by molar-refractivity contribution is 0.103. The number of hydrogen-bond donors (Lipinski definition) is 1. The normalized spacial score (nSPS) is 13.3. The zero-order valence-electron chi connectivity index (χ0n) is 10.3. The Hall–Kier alpha value is -2.26. The lowest BCUT2D eigenvalue weighted by Gasteiger charge is -2.14. The lowest BCUT2D eigenvalue weighted by Crippen LogP contribution is -2.13. The van der Waals surface area contributed by atoms with E-state index in [2.05, 4.69) is 0 Å². The highest BCUT2D eigenvalue weighted by Gasteiger charge is 2.29. The number of fused-ring (bicyclic) bond motifs is 4. The van der Waals surface area contributed by atoms with E-state index in [9.17, 15) is 9.90 Å². The number of hydrogen-bond acceptors (Lipinski definition) is 3. The molecule has 0 amide bonds. The number of rotatable bonds is 0. The number of ketones is 1. The van der Waals surface area contributed by atoms with Crippen molar-refractivity contribution < 1.29 is 14.3 Å².